The zero-order valence-corrected chi connectivity index (χ0v) is 11.4. The molecular weight excluding hydrogens is 254 g/mol. The minimum atomic E-state index is -0.281. The number of benzene rings is 1. The van der Waals surface area contributed by atoms with E-state index in [9.17, 15) is 4.79 Å². The molecule has 0 radical (unpaired) electrons. The highest BCUT2D eigenvalue weighted by atomic mass is 16.1. The Morgan fingerprint density at radius 2 is 2.00 bits per heavy atom. The minimum Gasteiger partial charge on any atom is -0.376 e. The number of nitrogens with zero attached hydrogens (tertiary/aromatic N) is 2. The maximum absolute atomic E-state index is 12.2. The van der Waals surface area contributed by atoms with Crippen LogP contribution in [0.3, 0.4) is 0 Å². The SMILES string of the molecule is CN(C)c1ccccc1NC(=O)c1cc(NN)ccn1. The number of carbonyl (C=O) groups is 1. The van der Waals surface area contributed by atoms with Crippen molar-refractivity contribution < 1.29 is 4.79 Å². The average Bonchev–Trinajstić information content (AvgIpc) is 2.47. The first-order valence-corrected chi connectivity index (χ1v) is 6.12. The van der Waals surface area contributed by atoms with Gasteiger partial charge >= 0.3 is 0 Å². The van der Waals surface area contributed by atoms with E-state index in [0.29, 0.717) is 11.4 Å². The molecule has 0 aliphatic carbocycles. The molecule has 0 unspecified atom stereocenters. The van der Waals surface area contributed by atoms with Crippen molar-refractivity contribution >= 4 is 23.0 Å². The number of anilines is 3. The van der Waals surface area contributed by atoms with Crippen LogP contribution in [0.4, 0.5) is 17.1 Å². The molecule has 4 N–H and O–H groups in total. The maximum Gasteiger partial charge on any atom is 0.274 e. The monoisotopic (exact) mass is 271 g/mol. The van der Waals surface area contributed by atoms with Crippen molar-refractivity contribution in [2.45, 2.75) is 0 Å². The molecule has 6 heteroatoms. The highest BCUT2D eigenvalue weighted by Crippen LogP contribution is 2.24. The third-order valence-electron chi connectivity index (χ3n) is 2.79. The van der Waals surface area contributed by atoms with Crippen LogP contribution in [-0.4, -0.2) is 25.0 Å². The minimum absolute atomic E-state index is 0.281. The van der Waals surface area contributed by atoms with Gasteiger partial charge in [0, 0.05) is 20.3 Å². The Kier molecular flexibility index (Phi) is 4.17. The molecule has 1 heterocycles. The van der Waals surface area contributed by atoms with E-state index in [1.165, 1.54) is 6.20 Å². The van der Waals surface area contributed by atoms with Gasteiger partial charge in [0.05, 0.1) is 17.1 Å². The smallest absolute Gasteiger partial charge is 0.274 e. The summed E-state index contributed by atoms with van der Waals surface area (Å²) in [6.45, 7) is 0. The second-order valence-corrected chi connectivity index (χ2v) is 4.44. The second kappa shape index (κ2) is 6.03. The summed E-state index contributed by atoms with van der Waals surface area (Å²) < 4.78 is 0. The maximum atomic E-state index is 12.2. The molecule has 20 heavy (non-hydrogen) atoms. The van der Waals surface area contributed by atoms with Crippen molar-refractivity contribution in [3.8, 4) is 0 Å². The van der Waals surface area contributed by atoms with Gasteiger partial charge in [-0.15, -0.1) is 0 Å². The third kappa shape index (κ3) is 3.04. The van der Waals surface area contributed by atoms with E-state index in [0.717, 1.165) is 11.4 Å². The predicted octanol–water partition coefficient (Wildman–Crippen LogP) is 1.69. The summed E-state index contributed by atoms with van der Waals surface area (Å²) in [7, 11) is 3.84. The summed E-state index contributed by atoms with van der Waals surface area (Å²) in [6, 6.07) is 10.8. The zero-order chi connectivity index (χ0) is 14.5. The Morgan fingerprint density at radius 3 is 2.70 bits per heavy atom. The van der Waals surface area contributed by atoms with Crippen LogP contribution in [0.15, 0.2) is 42.6 Å². The van der Waals surface area contributed by atoms with E-state index < -0.39 is 0 Å². The fourth-order valence-corrected chi connectivity index (χ4v) is 1.80. The second-order valence-electron chi connectivity index (χ2n) is 4.44. The van der Waals surface area contributed by atoms with Gasteiger partial charge in [0.15, 0.2) is 0 Å². The lowest BCUT2D eigenvalue weighted by Crippen LogP contribution is -2.18. The molecule has 2 rings (SSSR count). The molecule has 1 aromatic carbocycles. The van der Waals surface area contributed by atoms with Gasteiger partial charge in [-0.05, 0) is 24.3 Å². The van der Waals surface area contributed by atoms with Crippen molar-refractivity contribution in [1.29, 1.82) is 0 Å². The summed E-state index contributed by atoms with van der Waals surface area (Å²) >= 11 is 0. The van der Waals surface area contributed by atoms with Gasteiger partial charge in [0.25, 0.3) is 5.91 Å². The summed E-state index contributed by atoms with van der Waals surface area (Å²) in [4.78, 5) is 18.2. The largest absolute Gasteiger partial charge is 0.376 e. The normalized spacial score (nSPS) is 9.95. The van der Waals surface area contributed by atoms with Crippen LogP contribution in [0, 0.1) is 0 Å². The number of rotatable bonds is 4. The molecule has 0 spiro atoms. The van der Waals surface area contributed by atoms with Crippen molar-refractivity contribution in [3.63, 3.8) is 0 Å². The van der Waals surface area contributed by atoms with Crippen molar-refractivity contribution in [2.75, 3.05) is 29.7 Å². The van der Waals surface area contributed by atoms with E-state index in [-0.39, 0.29) is 5.91 Å². The summed E-state index contributed by atoms with van der Waals surface area (Å²) in [5.41, 5.74) is 5.07. The molecule has 2 aromatic rings. The Hall–Kier alpha value is -2.60. The molecule has 1 amide bonds. The van der Waals surface area contributed by atoms with Gasteiger partial charge in [-0.2, -0.15) is 0 Å². The first-order valence-electron chi connectivity index (χ1n) is 6.12. The molecule has 0 saturated heterocycles. The molecular formula is C14H17N5O. The average molecular weight is 271 g/mol. The summed E-state index contributed by atoms with van der Waals surface area (Å²) in [6.07, 6.45) is 1.53. The highest BCUT2D eigenvalue weighted by Gasteiger charge is 2.11. The summed E-state index contributed by atoms with van der Waals surface area (Å²) in [5, 5.41) is 2.85. The van der Waals surface area contributed by atoms with Gasteiger partial charge < -0.3 is 15.6 Å². The number of para-hydroxylation sites is 2. The molecule has 6 nitrogen and oxygen atoms in total. The standard InChI is InChI=1S/C14H17N5O/c1-19(2)13-6-4-3-5-11(13)17-14(20)12-9-10(18-15)7-8-16-12/h3-9H,15H2,1-2H3,(H,16,18)(H,17,20). The number of aromatic nitrogens is 1. The molecule has 104 valence electrons. The number of nitrogen functional groups attached to an aromatic ring is 1. The molecule has 0 saturated carbocycles. The number of pyridine rings is 1. The number of nitrogens with two attached hydrogens (primary N) is 1. The van der Waals surface area contributed by atoms with Crippen molar-refractivity contribution in [2.24, 2.45) is 5.84 Å². The number of hydrazine groups is 1. The number of amides is 1. The third-order valence-corrected chi connectivity index (χ3v) is 2.79. The molecule has 0 bridgehead atoms. The van der Waals surface area contributed by atoms with Gasteiger partial charge in [0.2, 0.25) is 0 Å². The van der Waals surface area contributed by atoms with Crippen LogP contribution in [0.5, 0.6) is 0 Å². The van der Waals surface area contributed by atoms with E-state index in [1.54, 1.807) is 12.1 Å². The quantitative estimate of drug-likeness (QED) is 0.582. The fourth-order valence-electron chi connectivity index (χ4n) is 1.80. The van der Waals surface area contributed by atoms with Gasteiger partial charge in [0.1, 0.15) is 5.69 Å². The fraction of sp³-hybridized carbons (Fsp3) is 0.143. The molecule has 1 aromatic heterocycles. The first kappa shape index (κ1) is 13.8. The lowest BCUT2D eigenvalue weighted by Gasteiger charge is -2.17. The highest BCUT2D eigenvalue weighted by molar-refractivity contribution is 6.05. The van der Waals surface area contributed by atoms with Crippen molar-refractivity contribution in [1.82, 2.24) is 4.98 Å². The Morgan fingerprint density at radius 1 is 1.25 bits per heavy atom. The van der Waals surface area contributed by atoms with Gasteiger partial charge in [-0.3, -0.25) is 15.6 Å². The van der Waals surface area contributed by atoms with Crippen LogP contribution in [0.25, 0.3) is 0 Å². The van der Waals surface area contributed by atoms with Crippen LogP contribution in [0.1, 0.15) is 10.5 Å². The predicted molar refractivity (Wildman–Crippen MR) is 80.8 cm³/mol. The van der Waals surface area contributed by atoms with E-state index in [1.807, 2.05) is 43.3 Å². The van der Waals surface area contributed by atoms with Crippen LogP contribution < -0.4 is 21.5 Å². The molecule has 0 fully saturated rings. The van der Waals surface area contributed by atoms with Gasteiger partial charge in [-0.1, -0.05) is 12.1 Å². The van der Waals surface area contributed by atoms with Gasteiger partial charge in [-0.25, -0.2) is 0 Å². The lowest BCUT2D eigenvalue weighted by molar-refractivity contribution is 0.102. The molecule has 0 aliphatic rings. The van der Waals surface area contributed by atoms with Crippen LogP contribution >= 0.6 is 0 Å². The Balaban J connectivity index is 2.23. The number of hydrogen-bond donors (Lipinski definition) is 3. The molecule has 0 aliphatic heterocycles. The zero-order valence-electron chi connectivity index (χ0n) is 11.4. The first-order chi connectivity index (χ1) is 9.61. The molecule has 0 atom stereocenters. The number of carbonyl (C=O) groups excluding carboxylic acids is 1. The van der Waals surface area contributed by atoms with Crippen molar-refractivity contribution in [3.05, 3.63) is 48.3 Å². The lowest BCUT2D eigenvalue weighted by atomic mass is 10.2. The van der Waals surface area contributed by atoms with E-state index in [4.69, 9.17) is 5.84 Å². The van der Waals surface area contributed by atoms with E-state index >= 15 is 0 Å². The Bertz CT molecular complexity index is 612. The number of hydrogen-bond acceptors (Lipinski definition) is 5. The Labute approximate surface area is 117 Å². The summed E-state index contributed by atoms with van der Waals surface area (Å²) in [5.74, 6) is 5.04. The van der Waals surface area contributed by atoms with Crippen LogP contribution in [0.2, 0.25) is 0 Å². The number of nitrogens with one attached hydrogen (secondary N) is 2. The van der Waals surface area contributed by atoms with E-state index in [2.05, 4.69) is 15.7 Å². The van der Waals surface area contributed by atoms with Crippen LogP contribution in [-0.2, 0) is 0 Å². The topological polar surface area (TPSA) is 83.3 Å².